The molecule has 0 saturated heterocycles. The standard InChI is InChI=1S/C24H37BrN2O2/c1-4-7-13-24(14-8-5-2)18-19(21-11-10-20(25)17-22(21)26)12-15-27(24)23(28)29-16-9-6-3/h10-11,17-18H,4-9,12-16,26H2,1-3H3. The number of carbonyl (C=O) groups excluding carboxylic acids is 1. The monoisotopic (exact) mass is 464 g/mol. The van der Waals surface area contributed by atoms with Gasteiger partial charge in [0.2, 0.25) is 0 Å². The molecule has 1 aliphatic heterocycles. The van der Waals surface area contributed by atoms with Gasteiger partial charge in [-0.05, 0) is 43.4 Å². The molecule has 1 aliphatic rings. The first-order chi connectivity index (χ1) is 14.0. The van der Waals surface area contributed by atoms with Crippen molar-refractivity contribution < 1.29 is 9.53 Å². The van der Waals surface area contributed by atoms with Crippen molar-refractivity contribution in [3.05, 3.63) is 34.3 Å². The summed E-state index contributed by atoms with van der Waals surface area (Å²) in [5.74, 6) is 0. The summed E-state index contributed by atoms with van der Waals surface area (Å²) in [6, 6.07) is 6.09. The summed E-state index contributed by atoms with van der Waals surface area (Å²) < 4.78 is 6.63. The van der Waals surface area contributed by atoms with Gasteiger partial charge in [0.1, 0.15) is 0 Å². The van der Waals surface area contributed by atoms with Crippen LogP contribution in [0.3, 0.4) is 0 Å². The van der Waals surface area contributed by atoms with Crippen molar-refractivity contribution in [3.8, 4) is 0 Å². The van der Waals surface area contributed by atoms with Crippen molar-refractivity contribution in [1.29, 1.82) is 0 Å². The van der Waals surface area contributed by atoms with E-state index in [1.807, 2.05) is 17.0 Å². The maximum absolute atomic E-state index is 13.0. The molecule has 2 N–H and O–H groups in total. The highest BCUT2D eigenvalue weighted by atomic mass is 79.9. The number of anilines is 1. The SMILES string of the molecule is CCCCOC(=O)N1CCC(c2ccc(Br)cc2N)=CC1(CCCC)CCCC. The van der Waals surface area contributed by atoms with E-state index in [2.05, 4.69) is 48.8 Å². The van der Waals surface area contributed by atoms with E-state index in [4.69, 9.17) is 10.5 Å². The quantitative estimate of drug-likeness (QED) is 0.294. The summed E-state index contributed by atoms with van der Waals surface area (Å²) in [5, 5.41) is 0. The molecule has 1 aromatic rings. The number of hydrogen-bond acceptors (Lipinski definition) is 3. The van der Waals surface area contributed by atoms with Crippen LogP contribution in [0.4, 0.5) is 10.5 Å². The summed E-state index contributed by atoms with van der Waals surface area (Å²) >= 11 is 3.50. The van der Waals surface area contributed by atoms with Crippen molar-refractivity contribution in [2.75, 3.05) is 18.9 Å². The predicted molar refractivity (Wildman–Crippen MR) is 126 cm³/mol. The number of hydrogen-bond donors (Lipinski definition) is 1. The zero-order chi connectivity index (χ0) is 21.3. The molecule has 0 bridgehead atoms. The first kappa shape index (κ1) is 23.8. The number of nitrogens with two attached hydrogens (primary N) is 1. The highest BCUT2D eigenvalue weighted by molar-refractivity contribution is 9.10. The van der Waals surface area contributed by atoms with Gasteiger partial charge >= 0.3 is 6.09 Å². The highest BCUT2D eigenvalue weighted by Crippen LogP contribution is 2.40. The number of ether oxygens (including phenoxy) is 1. The molecule has 0 unspecified atom stereocenters. The van der Waals surface area contributed by atoms with Gasteiger partial charge in [0.25, 0.3) is 0 Å². The van der Waals surface area contributed by atoms with Crippen molar-refractivity contribution in [2.45, 2.75) is 84.1 Å². The van der Waals surface area contributed by atoms with Crippen LogP contribution in [0.25, 0.3) is 5.57 Å². The van der Waals surface area contributed by atoms with Gasteiger partial charge in [0.05, 0.1) is 12.1 Å². The van der Waals surface area contributed by atoms with Crippen LogP contribution in [-0.2, 0) is 4.74 Å². The van der Waals surface area contributed by atoms with E-state index < -0.39 is 0 Å². The summed E-state index contributed by atoms with van der Waals surface area (Å²) in [4.78, 5) is 15.0. The molecular formula is C24H37BrN2O2. The number of unbranched alkanes of at least 4 members (excludes halogenated alkanes) is 3. The number of rotatable bonds is 10. The summed E-state index contributed by atoms with van der Waals surface area (Å²) in [6.45, 7) is 7.70. The Hall–Kier alpha value is -1.49. The number of carbonyl (C=O) groups is 1. The Morgan fingerprint density at radius 1 is 1.14 bits per heavy atom. The van der Waals surface area contributed by atoms with Crippen molar-refractivity contribution >= 4 is 33.3 Å². The smallest absolute Gasteiger partial charge is 0.410 e. The molecule has 5 heteroatoms. The lowest BCUT2D eigenvalue weighted by Crippen LogP contribution is -2.53. The van der Waals surface area contributed by atoms with Crippen molar-refractivity contribution in [3.63, 3.8) is 0 Å². The average Bonchev–Trinajstić information content (AvgIpc) is 2.71. The first-order valence-corrected chi connectivity index (χ1v) is 12.0. The molecule has 0 saturated carbocycles. The third-order valence-electron chi connectivity index (χ3n) is 5.82. The zero-order valence-electron chi connectivity index (χ0n) is 18.3. The van der Waals surface area contributed by atoms with Crippen LogP contribution in [0.15, 0.2) is 28.7 Å². The third kappa shape index (κ3) is 6.24. The van der Waals surface area contributed by atoms with Crippen molar-refractivity contribution in [1.82, 2.24) is 4.90 Å². The van der Waals surface area contributed by atoms with Gasteiger partial charge in [-0.1, -0.05) is 80.9 Å². The van der Waals surface area contributed by atoms with E-state index in [0.29, 0.717) is 13.2 Å². The van der Waals surface area contributed by atoms with Crippen molar-refractivity contribution in [2.24, 2.45) is 0 Å². The van der Waals surface area contributed by atoms with Crippen LogP contribution in [0.2, 0.25) is 0 Å². The highest BCUT2D eigenvalue weighted by Gasteiger charge is 2.40. The normalized spacial score (nSPS) is 15.9. The fourth-order valence-corrected chi connectivity index (χ4v) is 4.51. The van der Waals surface area contributed by atoms with Gasteiger partial charge < -0.3 is 10.5 Å². The van der Waals surface area contributed by atoms with Gasteiger partial charge in [-0.25, -0.2) is 4.79 Å². The molecule has 0 fully saturated rings. The topological polar surface area (TPSA) is 55.6 Å². The molecule has 2 rings (SSSR count). The molecule has 1 amide bonds. The Bertz CT molecular complexity index is 694. The molecule has 1 heterocycles. The number of halogens is 1. The molecule has 1 aromatic carbocycles. The Morgan fingerprint density at radius 3 is 2.38 bits per heavy atom. The number of nitrogen functional groups attached to an aromatic ring is 1. The fourth-order valence-electron chi connectivity index (χ4n) is 4.13. The summed E-state index contributed by atoms with van der Waals surface area (Å²) in [7, 11) is 0. The fraction of sp³-hybridized carbons (Fsp3) is 0.625. The van der Waals surface area contributed by atoms with Gasteiger partial charge in [0, 0.05) is 22.3 Å². The van der Waals surface area contributed by atoms with Gasteiger partial charge in [-0.3, -0.25) is 4.90 Å². The Labute approximate surface area is 185 Å². The average molecular weight is 465 g/mol. The van der Waals surface area contributed by atoms with Crippen LogP contribution in [0.1, 0.15) is 84.1 Å². The minimum absolute atomic E-state index is 0.162. The lowest BCUT2D eigenvalue weighted by atomic mass is 9.79. The van der Waals surface area contributed by atoms with E-state index in [-0.39, 0.29) is 11.6 Å². The third-order valence-corrected chi connectivity index (χ3v) is 6.31. The van der Waals surface area contributed by atoms with Crippen LogP contribution in [0.5, 0.6) is 0 Å². The Balaban J connectivity index is 2.41. The molecule has 29 heavy (non-hydrogen) atoms. The van der Waals surface area contributed by atoms with Gasteiger partial charge in [-0.15, -0.1) is 0 Å². The molecule has 0 spiro atoms. The Morgan fingerprint density at radius 2 is 1.79 bits per heavy atom. The summed E-state index contributed by atoms with van der Waals surface area (Å²) in [5.41, 5.74) is 9.17. The van der Waals surface area contributed by atoms with Crippen LogP contribution >= 0.6 is 15.9 Å². The molecule has 0 radical (unpaired) electrons. The molecule has 0 atom stereocenters. The maximum Gasteiger partial charge on any atom is 0.410 e. The number of amides is 1. The van der Waals surface area contributed by atoms with Gasteiger partial charge in [-0.2, -0.15) is 0 Å². The zero-order valence-corrected chi connectivity index (χ0v) is 19.9. The van der Waals surface area contributed by atoms with E-state index in [1.165, 1.54) is 5.57 Å². The van der Waals surface area contributed by atoms with Crippen LogP contribution in [-0.4, -0.2) is 29.7 Å². The lowest BCUT2D eigenvalue weighted by Gasteiger charge is -2.45. The Kier molecular flexibility index (Phi) is 9.54. The van der Waals surface area contributed by atoms with Crippen LogP contribution < -0.4 is 5.73 Å². The number of nitrogens with zero attached hydrogens (tertiary/aromatic N) is 1. The number of benzene rings is 1. The molecule has 0 aliphatic carbocycles. The minimum Gasteiger partial charge on any atom is -0.449 e. The maximum atomic E-state index is 13.0. The summed E-state index contributed by atoms with van der Waals surface area (Å²) in [6.07, 6.45) is 11.2. The second kappa shape index (κ2) is 11.6. The van der Waals surface area contributed by atoms with Crippen LogP contribution in [0, 0.1) is 0 Å². The lowest BCUT2D eigenvalue weighted by molar-refractivity contribution is 0.0548. The first-order valence-electron chi connectivity index (χ1n) is 11.2. The van der Waals surface area contributed by atoms with E-state index in [1.54, 1.807) is 0 Å². The molecule has 4 nitrogen and oxygen atoms in total. The second-order valence-electron chi connectivity index (χ2n) is 8.08. The minimum atomic E-state index is -0.289. The molecular weight excluding hydrogens is 428 g/mol. The predicted octanol–water partition coefficient (Wildman–Crippen LogP) is 7.18. The van der Waals surface area contributed by atoms with E-state index in [0.717, 1.165) is 73.5 Å². The van der Waals surface area contributed by atoms with E-state index >= 15 is 0 Å². The molecule has 0 aromatic heterocycles. The van der Waals surface area contributed by atoms with Gasteiger partial charge in [0.15, 0.2) is 0 Å². The molecule has 162 valence electrons. The van der Waals surface area contributed by atoms with E-state index in [9.17, 15) is 4.79 Å². The largest absolute Gasteiger partial charge is 0.449 e. The second-order valence-corrected chi connectivity index (χ2v) is 9.00.